The van der Waals surface area contributed by atoms with Gasteiger partial charge in [-0.2, -0.15) is 16.9 Å². The zero-order chi connectivity index (χ0) is 23.5. The van der Waals surface area contributed by atoms with Crippen LogP contribution < -0.4 is 19.5 Å². The maximum atomic E-state index is 12.9. The maximum Gasteiger partial charge on any atom is 0.249 e. The Labute approximate surface area is 197 Å². The second-order valence-electron chi connectivity index (χ2n) is 7.75. The van der Waals surface area contributed by atoms with Gasteiger partial charge in [-0.3, -0.25) is 4.79 Å². The average molecular weight is 466 g/mol. The van der Waals surface area contributed by atoms with Crippen molar-refractivity contribution >= 4 is 29.6 Å². The molecule has 7 nitrogen and oxygen atoms in total. The Bertz CT molecular complexity index is 1210. The van der Waals surface area contributed by atoms with Gasteiger partial charge in [0.05, 0.1) is 32.7 Å². The molecular weight excluding hydrogens is 438 g/mol. The summed E-state index contributed by atoms with van der Waals surface area (Å²) >= 11 is 1.80. The topological polar surface area (TPSA) is 74.6 Å². The Hall–Kier alpha value is -3.39. The normalized spacial score (nSPS) is 12.6. The Morgan fingerprint density at radius 1 is 1.06 bits per heavy atom. The Morgan fingerprint density at radius 2 is 1.79 bits per heavy atom. The molecule has 1 aliphatic rings. The largest absolute Gasteiger partial charge is 0.493 e. The molecule has 0 saturated heterocycles. The van der Waals surface area contributed by atoms with Crippen molar-refractivity contribution in [1.82, 2.24) is 9.78 Å². The summed E-state index contributed by atoms with van der Waals surface area (Å²) in [5, 5.41) is 7.85. The van der Waals surface area contributed by atoms with Crippen LogP contribution in [0.15, 0.2) is 36.4 Å². The van der Waals surface area contributed by atoms with E-state index in [-0.39, 0.29) is 5.91 Å². The number of methoxy groups -OCH3 is 3. The van der Waals surface area contributed by atoms with Crippen molar-refractivity contribution in [3.05, 3.63) is 64.4 Å². The third kappa shape index (κ3) is 4.57. The number of ether oxygens (including phenoxy) is 3. The summed E-state index contributed by atoms with van der Waals surface area (Å²) in [6.45, 7) is 4.12. The number of rotatable bonds is 7. The molecular formula is C25H27N3O4S. The van der Waals surface area contributed by atoms with Gasteiger partial charge in [0.2, 0.25) is 11.7 Å². The number of carbonyl (C=O) groups is 1. The number of nitrogens with one attached hydrogen (secondary N) is 1. The van der Waals surface area contributed by atoms with E-state index in [1.165, 1.54) is 11.6 Å². The van der Waals surface area contributed by atoms with E-state index < -0.39 is 0 Å². The highest BCUT2D eigenvalue weighted by Gasteiger charge is 2.25. The van der Waals surface area contributed by atoms with Crippen LogP contribution in [0.5, 0.6) is 17.2 Å². The van der Waals surface area contributed by atoms with Crippen molar-refractivity contribution in [2.75, 3.05) is 26.6 Å². The summed E-state index contributed by atoms with van der Waals surface area (Å²) in [6, 6.07) is 9.80. The first-order valence-corrected chi connectivity index (χ1v) is 11.7. The molecule has 1 amide bonds. The first-order valence-electron chi connectivity index (χ1n) is 10.5. The molecule has 1 aliphatic heterocycles. The van der Waals surface area contributed by atoms with Gasteiger partial charge >= 0.3 is 0 Å². The molecule has 8 heteroatoms. The van der Waals surface area contributed by atoms with E-state index in [0.29, 0.717) is 17.2 Å². The molecule has 1 aromatic heterocycles. The van der Waals surface area contributed by atoms with Crippen molar-refractivity contribution in [1.29, 1.82) is 0 Å². The van der Waals surface area contributed by atoms with E-state index in [9.17, 15) is 4.79 Å². The van der Waals surface area contributed by atoms with Gasteiger partial charge in [0.25, 0.3) is 0 Å². The molecule has 2 heterocycles. The zero-order valence-corrected chi connectivity index (χ0v) is 20.2. The van der Waals surface area contributed by atoms with E-state index >= 15 is 0 Å². The SMILES string of the molecule is COc1cc(/C=C\C(=O)Nc2c3c(nn2-c2ccc(C)cc2C)CSC3)cc(OC)c1OC. The molecule has 4 rings (SSSR count). The number of hydrogen-bond donors (Lipinski definition) is 1. The molecule has 33 heavy (non-hydrogen) atoms. The van der Waals surface area contributed by atoms with Crippen molar-refractivity contribution in [3.8, 4) is 22.9 Å². The van der Waals surface area contributed by atoms with Crippen LogP contribution in [-0.4, -0.2) is 37.0 Å². The fourth-order valence-electron chi connectivity index (χ4n) is 3.89. The predicted molar refractivity (Wildman–Crippen MR) is 132 cm³/mol. The average Bonchev–Trinajstić information content (AvgIpc) is 3.39. The van der Waals surface area contributed by atoms with Crippen molar-refractivity contribution in [2.24, 2.45) is 0 Å². The molecule has 0 fully saturated rings. The van der Waals surface area contributed by atoms with Gasteiger partial charge in [-0.15, -0.1) is 0 Å². The summed E-state index contributed by atoms with van der Waals surface area (Å²) in [7, 11) is 4.67. The number of hydrogen-bond acceptors (Lipinski definition) is 6. The molecule has 0 radical (unpaired) electrons. The third-order valence-electron chi connectivity index (χ3n) is 5.49. The van der Waals surface area contributed by atoms with Crippen molar-refractivity contribution < 1.29 is 19.0 Å². The van der Waals surface area contributed by atoms with Crippen LogP contribution in [0.2, 0.25) is 0 Å². The number of aryl methyl sites for hydroxylation is 2. The number of amides is 1. The van der Waals surface area contributed by atoms with Crippen molar-refractivity contribution in [3.63, 3.8) is 0 Å². The second-order valence-corrected chi connectivity index (χ2v) is 8.74. The number of carbonyl (C=O) groups excluding carboxylic acids is 1. The smallest absolute Gasteiger partial charge is 0.249 e. The van der Waals surface area contributed by atoms with Crippen LogP contribution in [0.1, 0.15) is 27.9 Å². The molecule has 0 atom stereocenters. The summed E-state index contributed by atoms with van der Waals surface area (Å²) in [6.07, 6.45) is 3.21. The standard InChI is InChI=1S/C25H27N3O4S/c1-15-6-8-20(16(2)10-15)28-25(18-13-33-14-19(18)27-28)26-23(29)9-7-17-11-21(30-3)24(32-5)22(12-17)31-4/h6-12H,13-14H2,1-5H3,(H,26,29)/b9-7-. The minimum atomic E-state index is -0.241. The van der Waals surface area contributed by atoms with Crippen LogP contribution in [0.3, 0.4) is 0 Å². The van der Waals surface area contributed by atoms with Crippen LogP contribution in [-0.2, 0) is 16.3 Å². The lowest BCUT2D eigenvalue weighted by atomic mass is 10.1. The Morgan fingerprint density at radius 3 is 2.42 bits per heavy atom. The lowest BCUT2D eigenvalue weighted by molar-refractivity contribution is -0.111. The van der Waals surface area contributed by atoms with Gasteiger partial charge in [0.15, 0.2) is 11.5 Å². The number of fused-ring (bicyclic) bond motifs is 1. The number of anilines is 1. The molecule has 3 aromatic rings. The Balaban J connectivity index is 1.63. The fraction of sp³-hybridized carbons (Fsp3) is 0.280. The first-order chi connectivity index (χ1) is 15.9. The van der Waals surface area contributed by atoms with Crippen LogP contribution in [0.4, 0.5) is 5.82 Å². The third-order valence-corrected chi connectivity index (χ3v) is 6.46. The number of benzene rings is 2. The van der Waals surface area contributed by atoms with Gasteiger partial charge < -0.3 is 19.5 Å². The van der Waals surface area contributed by atoms with Gasteiger partial charge in [-0.1, -0.05) is 17.7 Å². The van der Waals surface area contributed by atoms with Gasteiger partial charge in [0.1, 0.15) is 5.82 Å². The molecule has 0 aliphatic carbocycles. The first kappa shape index (κ1) is 22.8. The lowest BCUT2D eigenvalue weighted by Gasteiger charge is -2.13. The second kappa shape index (κ2) is 9.62. The van der Waals surface area contributed by atoms with Crippen molar-refractivity contribution in [2.45, 2.75) is 25.4 Å². The molecule has 0 saturated carbocycles. The van der Waals surface area contributed by atoms with Crippen LogP contribution in [0, 0.1) is 13.8 Å². The van der Waals surface area contributed by atoms with Crippen LogP contribution in [0.25, 0.3) is 11.8 Å². The van der Waals surface area contributed by atoms with Gasteiger partial charge in [-0.25, -0.2) is 4.68 Å². The molecule has 0 unspecified atom stereocenters. The minimum Gasteiger partial charge on any atom is -0.493 e. The van der Waals surface area contributed by atoms with E-state index in [4.69, 9.17) is 19.3 Å². The molecule has 0 bridgehead atoms. The molecule has 1 N–H and O–H groups in total. The highest BCUT2D eigenvalue weighted by molar-refractivity contribution is 7.98. The predicted octanol–water partition coefficient (Wildman–Crippen LogP) is 4.91. The fourth-order valence-corrected chi connectivity index (χ4v) is 4.92. The zero-order valence-electron chi connectivity index (χ0n) is 19.4. The van der Waals surface area contributed by atoms with Gasteiger partial charge in [-0.05, 0) is 49.2 Å². The maximum absolute atomic E-state index is 12.9. The monoisotopic (exact) mass is 465 g/mol. The molecule has 2 aromatic carbocycles. The number of aromatic nitrogens is 2. The number of nitrogens with zero attached hydrogens (tertiary/aromatic N) is 2. The summed E-state index contributed by atoms with van der Waals surface area (Å²) in [4.78, 5) is 12.9. The summed E-state index contributed by atoms with van der Waals surface area (Å²) in [5.41, 5.74) is 6.10. The minimum absolute atomic E-state index is 0.241. The highest BCUT2D eigenvalue weighted by Crippen LogP contribution is 2.39. The summed E-state index contributed by atoms with van der Waals surface area (Å²) in [5.74, 6) is 3.71. The van der Waals surface area contributed by atoms with Crippen LogP contribution >= 0.6 is 11.8 Å². The van der Waals surface area contributed by atoms with Gasteiger partial charge in [0, 0.05) is 23.1 Å². The van der Waals surface area contributed by atoms with E-state index in [2.05, 4.69) is 31.3 Å². The van der Waals surface area contributed by atoms with E-state index in [0.717, 1.165) is 45.4 Å². The van der Waals surface area contributed by atoms with E-state index in [1.54, 1.807) is 51.3 Å². The summed E-state index contributed by atoms with van der Waals surface area (Å²) < 4.78 is 18.0. The highest BCUT2D eigenvalue weighted by atomic mass is 32.2. The Kier molecular flexibility index (Phi) is 6.65. The number of thioether (sulfide) groups is 1. The molecule has 0 spiro atoms. The quantitative estimate of drug-likeness (QED) is 0.500. The molecule has 172 valence electrons. The lowest BCUT2D eigenvalue weighted by Crippen LogP contribution is -2.14. The van der Waals surface area contributed by atoms with E-state index in [1.807, 2.05) is 10.7 Å².